The molecular formula is C14H19NO. The molecule has 16 heavy (non-hydrogen) atoms. The van der Waals surface area contributed by atoms with Gasteiger partial charge in [-0.25, -0.2) is 0 Å². The highest BCUT2D eigenvalue weighted by Gasteiger charge is 2.31. The fourth-order valence-corrected chi connectivity index (χ4v) is 2.21. The molecule has 0 radical (unpaired) electrons. The molecule has 2 rings (SSSR count). The summed E-state index contributed by atoms with van der Waals surface area (Å²) in [4.78, 5) is 12.1. The van der Waals surface area contributed by atoms with Crippen LogP contribution < -0.4 is 5.73 Å². The molecule has 0 aromatic heterocycles. The van der Waals surface area contributed by atoms with Gasteiger partial charge in [0, 0.05) is 17.9 Å². The Labute approximate surface area is 96.8 Å². The first-order valence-electron chi connectivity index (χ1n) is 6.04. The van der Waals surface area contributed by atoms with Crippen molar-refractivity contribution < 1.29 is 4.79 Å². The lowest BCUT2D eigenvalue weighted by Crippen LogP contribution is -2.33. The van der Waals surface area contributed by atoms with Gasteiger partial charge in [-0.2, -0.15) is 0 Å². The smallest absolute Gasteiger partial charge is 0.140 e. The van der Waals surface area contributed by atoms with Gasteiger partial charge in [-0.3, -0.25) is 4.79 Å². The number of hydrogen-bond acceptors (Lipinski definition) is 2. The molecule has 1 aliphatic rings. The lowest BCUT2D eigenvalue weighted by Gasteiger charge is -2.29. The third-order valence-corrected chi connectivity index (χ3v) is 3.68. The third kappa shape index (κ3) is 2.17. The van der Waals surface area contributed by atoms with Gasteiger partial charge >= 0.3 is 0 Å². The number of carbonyl (C=O) groups is 1. The van der Waals surface area contributed by atoms with E-state index >= 15 is 0 Å². The van der Waals surface area contributed by atoms with E-state index in [0.717, 1.165) is 18.4 Å². The molecule has 1 aliphatic carbocycles. The average Bonchev–Trinajstić information content (AvgIpc) is 2.26. The number of rotatable bonds is 4. The second-order valence-corrected chi connectivity index (χ2v) is 4.76. The zero-order chi connectivity index (χ0) is 11.5. The summed E-state index contributed by atoms with van der Waals surface area (Å²) in [7, 11) is 0. The van der Waals surface area contributed by atoms with E-state index < -0.39 is 0 Å². The summed E-state index contributed by atoms with van der Waals surface area (Å²) in [6.07, 6.45) is 3.32. The van der Waals surface area contributed by atoms with Crippen LogP contribution in [0.15, 0.2) is 30.3 Å². The molecule has 1 fully saturated rings. The third-order valence-electron chi connectivity index (χ3n) is 3.68. The Morgan fingerprint density at radius 3 is 2.44 bits per heavy atom. The van der Waals surface area contributed by atoms with Crippen molar-refractivity contribution in [3.05, 3.63) is 35.9 Å². The van der Waals surface area contributed by atoms with Crippen LogP contribution in [-0.2, 0) is 4.79 Å². The van der Waals surface area contributed by atoms with Crippen molar-refractivity contribution in [1.82, 2.24) is 0 Å². The summed E-state index contributed by atoms with van der Waals surface area (Å²) in [5.41, 5.74) is 7.19. The van der Waals surface area contributed by atoms with Crippen LogP contribution in [-0.4, -0.2) is 5.78 Å². The molecule has 2 unspecified atom stereocenters. The van der Waals surface area contributed by atoms with Crippen LogP contribution in [0.2, 0.25) is 0 Å². The number of ketones is 1. The molecule has 0 bridgehead atoms. The zero-order valence-corrected chi connectivity index (χ0v) is 9.73. The highest BCUT2D eigenvalue weighted by atomic mass is 16.1. The van der Waals surface area contributed by atoms with Gasteiger partial charge in [-0.15, -0.1) is 0 Å². The van der Waals surface area contributed by atoms with E-state index in [2.05, 4.69) is 0 Å². The monoisotopic (exact) mass is 217 g/mol. The van der Waals surface area contributed by atoms with E-state index in [1.807, 2.05) is 37.3 Å². The summed E-state index contributed by atoms with van der Waals surface area (Å²) >= 11 is 0. The maximum absolute atomic E-state index is 12.1. The number of nitrogens with two attached hydrogens (primary N) is 1. The Bertz CT molecular complexity index is 356. The predicted molar refractivity (Wildman–Crippen MR) is 64.9 cm³/mol. The highest BCUT2D eigenvalue weighted by molar-refractivity contribution is 5.84. The Hall–Kier alpha value is -1.15. The van der Waals surface area contributed by atoms with Gasteiger partial charge in [0.1, 0.15) is 5.78 Å². The quantitative estimate of drug-likeness (QED) is 0.842. The first-order valence-corrected chi connectivity index (χ1v) is 6.04. The minimum atomic E-state index is -0.158. The first kappa shape index (κ1) is 11.3. The van der Waals surface area contributed by atoms with Crippen LogP contribution in [0.3, 0.4) is 0 Å². The van der Waals surface area contributed by atoms with Crippen molar-refractivity contribution in [1.29, 1.82) is 0 Å². The van der Waals surface area contributed by atoms with Crippen LogP contribution >= 0.6 is 0 Å². The molecular weight excluding hydrogens is 198 g/mol. The second kappa shape index (κ2) is 4.79. The maximum Gasteiger partial charge on any atom is 0.140 e. The van der Waals surface area contributed by atoms with Gasteiger partial charge in [0.2, 0.25) is 0 Å². The normalized spacial score (nSPS) is 19.9. The summed E-state index contributed by atoms with van der Waals surface area (Å²) in [5.74, 6) is 0.570. The maximum atomic E-state index is 12.1. The lowest BCUT2D eigenvalue weighted by molar-refractivity contribution is -0.129. The number of benzene rings is 1. The molecule has 2 atom stereocenters. The van der Waals surface area contributed by atoms with Gasteiger partial charge in [-0.05, 0) is 18.4 Å². The number of hydrogen-bond donors (Lipinski definition) is 1. The molecule has 0 spiro atoms. The van der Waals surface area contributed by atoms with Crippen molar-refractivity contribution in [2.24, 2.45) is 17.6 Å². The summed E-state index contributed by atoms with van der Waals surface area (Å²) in [6.45, 7) is 1.96. The van der Waals surface area contributed by atoms with Crippen molar-refractivity contribution in [3.8, 4) is 0 Å². The Morgan fingerprint density at radius 1 is 1.31 bits per heavy atom. The SMILES string of the molecule is CC(C(=O)C1CCC1)C(N)c1ccccc1. The van der Waals surface area contributed by atoms with E-state index in [9.17, 15) is 4.79 Å². The predicted octanol–water partition coefficient (Wildman–Crippen LogP) is 2.69. The standard InChI is InChI=1S/C14H19NO/c1-10(14(16)12-8-5-9-12)13(15)11-6-3-2-4-7-11/h2-4,6-7,10,12-13H,5,8-9,15H2,1H3. The summed E-state index contributed by atoms with van der Waals surface area (Å²) < 4.78 is 0. The molecule has 86 valence electrons. The van der Waals surface area contributed by atoms with Gasteiger partial charge in [-0.1, -0.05) is 43.7 Å². The molecule has 2 N–H and O–H groups in total. The van der Waals surface area contributed by atoms with E-state index in [1.54, 1.807) is 0 Å². The van der Waals surface area contributed by atoms with Crippen molar-refractivity contribution in [2.45, 2.75) is 32.2 Å². The second-order valence-electron chi connectivity index (χ2n) is 4.76. The topological polar surface area (TPSA) is 43.1 Å². The molecule has 1 saturated carbocycles. The Balaban J connectivity index is 2.03. The summed E-state index contributed by atoms with van der Waals surface area (Å²) in [6, 6.07) is 9.74. The molecule has 0 aliphatic heterocycles. The fraction of sp³-hybridized carbons (Fsp3) is 0.500. The van der Waals surface area contributed by atoms with Crippen molar-refractivity contribution >= 4 is 5.78 Å². The van der Waals surface area contributed by atoms with Crippen molar-refractivity contribution in [3.63, 3.8) is 0 Å². The van der Waals surface area contributed by atoms with Gasteiger partial charge < -0.3 is 5.73 Å². The number of Topliss-reactive ketones (excluding diaryl/α,β-unsaturated/α-hetero) is 1. The minimum absolute atomic E-state index is 0.0623. The minimum Gasteiger partial charge on any atom is -0.323 e. The average molecular weight is 217 g/mol. The fourth-order valence-electron chi connectivity index (χ4n) is 2.21. The zero-order valence-electron chi connectivity index (χ0n) is 9.73. The highest BCUT2D eigenvalue weighted by Crippen LogP contribution is 2.32. The largest absolute Gasteiger partial charge is 0.323 e. The van der Waals surface area contributed by atoms with Crippen LogP contribution in [0.25, 0.3) is 0 Å². The van der Waals surface area contributed by atoms with Crippen molar-refractivity contribution in [2.75, 3.05) is 0 Å². The molecule has 2 heteroatoms. The van der Waals surface area contributed by atoms with E-state index in [-0.39, 0.29) is 17.9 Å². The molecule has 1 aromatic rings. The van der Waals surface area contributed by atoms with Gasteiger partial charge in [0.25, 0.3) is 0 Å². The van der Waals surface area contributed by atoms with Gasteiger partial charge in [0.05, 0.1) is 0 Å². The van der Waals surface area contributed by atoms with Crippen LogP contribution in [0, 0.1) is 11.8 Å². The molecule has 0 heterocycles. The Kier molecular flexibility index (Phi) is 3.39. The molecule has 0 amide bonds. The van der Waals surface area contributed by atoms with Crippen LogP contribution in [0.4, 0.5) is 0 Å². The molecule has 0 saturated heterocycles. The Morgan fingerprint density at radius 2 is 1.94 bits per heavy atom. The van der Waals surface area contributed by atoms with E-state index in [1.165, 1.54) is 6.42 Å². The van der Waals surface area contributed by atoms with E-state index in [0.29, 0.717) is 5.78 Å². The van der Waals surface area contributed by atoms with Crippen LogP contribution in [0.5, 0.6) is 0 Å². The van der Waals surface area contributed by atoms with Gasteiger partial charge in [0.15, 0.2) is 0 Å². The van der Waals surface area contributed by atoms with Crippen LogP contribution in [0.1, 0.15) is 37.8 Å². The molecule has 2 nitrogen and oxygen atoms in total. The number of carbonyl (C=O) groups excluding carboxylic acids is 1. The first-order chi connectivity index (χ1) is 7.70. The van der Waals surface area contributed by atoms with E-state index in [4.69, 9.17) is 5.73 Å². The summed E-state index contributed by atoms with van der Waals surface area (Å²) in [5, 5.41) is 0. The molecule has 1 aromatic carbocycles. The lowest BCUT2D eigenvalue weighted by atomic mass is 9.76.